The summed E-state index contributed by atoms with van der Waals surface area (Å²) in [5.41, 5.74) is 6.97. The van der Waals surface area contributed by atoms with Gasteiger partial charge in [-0.3, -0.25) is 9.78 Å². The number of halogens is 3. The van der Waals surface area contributed by atoms with Crippen LogP contribution in [0.15, 0.2) is 54.9 Å². The summed E-state index contributed by atoms with van der Waals surface area (Å²) >= 11 is 0. The lowest BCUT2D eigenvalue weighted by Gasteiger charge is -2.25. The smallest absolute Gasteiger partial charge is 0.368 e. The van der Waals surface area contributed by atoms with Crippen LogP contribution < -0.4 is 5.73 Å². The Hall–Kier alpha value is -3.49. The third kappa shape index (κ3) is 3.83. The number of hydrogen-bond acceptors (Lipinski definition) is 5. The summed E-state index contributed by atoms with van der Waals surface area (Å²) in [4.78, 5) is 27.2. The van der Waals surface area contributed by atoms with Crippen LogP contribution in [0.2, 0.25) is 0 Å². The second kappa shape index (κ2) is 7.74. The summed E-state index contributed by atoms with van der Waals surface area (Å²) in [6.07, 6.45) is 0.0369. The Morgan fingerprint density at radius 2 is 1.87 bits per heavy atom. The molecule has 3 aromatic rings. The number of benzene rings is 1. The lowest BCUT2D eigenvalue weighted by molar-refractivity contribution is -0.137. The number of aromatic nitrogens is 3. The van der Waals surface area contributed by atoms with Crippen molar-refractivity contribution in [1.82, 2.24) is 19.9 Å². The molecule has 3 heterocycles. The number of carbonyl (C=O) groups excluding carboxylic acids is 1. The average molecular weight is 413 g/mol. The molecule has 0 unspecified atom stereocenters. The summed E-state index contributed by atoms with van der Waals surface area (Å²) < 4.78 is 38.7. The molecule has 1 fully saturated rings. The zero-order valence-corrected chi connectivity index (χ0v) is 15.8. The number of carbonyl (C=O) groups is 1. The van der Waals surface area contributed by atoms with Crippen LogP contribution in [-0.2, 0) is 6.18 Å². The minimum absolute atomic E-state index is 0.0396. The maximum absolute atomic E-state index is 13.0. The van der Waals surface area contributed by atoms with Crippen LogP contribution in [-0.4, -0.2) is 32.3 Å². The van der Waals surface area contributed by atoms with Gasteiger partial charge in [0.25, 0.3) is 5.91 Å². The predicted molar refractivity (Wildman–Crippen MR) is 104 cm³/mol. The van der Waals surface area contributed by atoms with Crippen molar-refractivity contribution in [1.29, 1.82) is 0 Å². The van der Waals surface area contributed by atoms with Gasteiger partial charge in [0.2, 0.25) is 5.95 Å². The number of amides is 1. The first-order chi connectivity index (χ1) is 14.3. The number of rotatable bonds is 3. The van der Waals surface area contributed by atoms with Gasteiger partial charge in [-0.2, -0.15) is 13.2 Å². The molecule has 154 valence electrons. The van der Waals surface area contributed by atoms with Gasteiger partial charge in [0.15, 0.2) is 0 Å². The zero-order valence-electron chi connectivity index (χ0n) is 15.8. The van der Waals surface area contributed by atoms with Crippen LogP contribution in [0.3, 0.4) is 0 Å². The predicted octanol–water partition coefficient (Wildman–Crippen LogP) is 4.12. The highest BCUT2D eigenvalue weighted by Crippen LogP contribution is 2.38. The number of pyridine rings is 1. The Morgan fingerprint density at radius 1 is 1.10 bits per heavy atom. The molecule has 2 aromatic heterocycles. The van der Waals surface area contributed by atoms with Gasteiger partial charge in [-0.15, -0.1) is 0 Å². The molecule has 1 aromatic carbocycles. The quantitative estimate of drug-likeness (QED) is 0.698. The second-order valence-corrected chi connectivity index (χ2v) is 6.97. The Kier molecular flexibility index (Phi) is 5.11. The molecular weight excluding hydrogens is 395 g/mol. The van der Waals surface area contributed by atoms with Crippen molar-refractivity contribution >= 4 is 11.9 Å². The van der Waals surface area contributed by atoms with E-state index in [1.165, 1.54) is 18.3 Å². The molecular formula is C21H18F3N5O. The fourth-order valence-corrected chi connectivity index (χ4v) is 3.65. The van der Waals surface area contributed by atoms with Gasteiger partial charge in [0, 0.05) is 24.5 Å². The van der Waals surface area contributed by atoms with E-state index in [-0.39, 0.29) is 17.9 Å². The second-order valence-electron chi connectivity index (χ2n) is 6.97. The Labute approximate surface area is 170 Å². The first kappa shape index (κ1) is 19.8. The minimum Gasteiger partial charge on any atom is -0.368 e. The Bertz CT molecular complexity index is 1050. The molecule has 1 atom stereocenters. The van der Waals surface area contributed by atoms with Crippen LogP contribution >= 0.6 is 0 Å². The molecule has 4 rings (SSSR count). The summed E-state index contributed by atoms with van der Waals surface area (Å²) in [7, 11) is 0. The first-order valence-corrected chi connectivity index (χ1v) is 9.36. The molecule has 1 saturated heterocycles. The lowest BCUT2D eigenvalue weighted by Crippen LogP contribution is -2.32. The van der Waals surface area contributed by atoms with E-state index in [1.54, 1.807) is 29.3 Å². The molecule has 0 bridgehead atoms. The standard InChI is InChI=1S/C21H18F3N5O/c22-21(23,24)14-8-6-13(7-9-14)15-12-27-20(25)28-18(15)17-5-3-11-29(17)19(30)16-4-1-2-10-26-16/h1-2,4,6-10,12,17H,3,5,11H2,(H2,25,27,28)/t17-/m0/s1. The fraction of sp³-hybridized carbons (Fsp3) is 0.238. The van der Waals surface area contributed by atoms with Gasteiger partial charge in [-0.25, -0.2) is 9.97 Å². The molecule has 9 heteroatoms. The maximum atomic E-state index is 13.0. The highest BCUT2D eigenvalue weighted by atomic mass is 19.4. The van der Waals surface area contributed by atoms with Gasteiger partial charge in [0.1, 0.15) is 5.69 Å². The number of likely N-dealkylation sites (tertiary alicyclic amines) is 1. The van der Waals surface area contributed by atoms with Crippen molar-refractivity contribution in [3.05, 3.63) is 71.8 Å². The average Bonchev–Trinajstić information content (AvgIpc) is 3.23. The Balaban J connectivity index is 1.72. The number of nitrogen functional groups attached to an aromatic ring is 1. The highest BCUT2D eigenvalue weighted by Gasteiger charge is 2.34. The molecule has 1 aliphatic heterocycles. The van der Waals surface area contributed by atoms with Crippen molar-refractivity contribution in [3.8, 4) is 11.1 Å². The largest absolute Gasteiger partial charge is 0.416 e. The summed E-state index contributed by atoms with van der Waals surface area (Å²) in [5, 5.41) is 0. The topological polar surface area (TPSA) is 85.0 Å². The van der Waals surface area contributed by atoms with E-state index in [1.807, 2.05) is 0 Å². The number of nitrogens with two attached hydrogens (primary N) is 1. The SMILES string of the molecule is Nc1ncc(-c2ccc(C(F)(F)F)cc2)c([C@@H]2CCCN2C(=O)c2ccccn2)n1. The van der Waals surface area contributed by atoms with Crippen molar-refractivity contribution in [2.24, 2.45) is 0 Å². The third-order valence-electron chi connectivity index (χ3n) is 5.07. The van der Waals surface area contributed by atoms with Crippen LogP contribution in [0.5, 0.6) is 0 Å². The first-order valence-electron chi connectivity index (χ1n) is 9.36. The monoisotopic (exact) mass is 413 g/mol. The van der Waals surface area contributed by atoms with Gasteiger partial charge >= 0.3 is 6.18 Å². The molecule has 0 aliphatic carbocycles. The molecule has 1 amide bonds. The minimum atomic E-state index is -4.42. The van der Waals surface area contributed by atoms with Gasteiger partial charge < -0.3 is 10.6 Å². The highest BCUT2D eigenvalue weighted by molar-refractivity contribution is 5.92. The number of nitrogens with zero attached hydrogens (tertiary/aromatic N) is 4. The number of alkyl halides is 3. The van der Waals surface area contributed by atoms with Crippen molar-refractivity contribution in [3.63, 3.8) is 0 Å². The molecule has 1 aliphatic rings. The third-order valence-corrected chi connectivity index (χ3v) is 5.07. The zero-order chi connectivity index (χ0) is 21.3. The molecule has 0 radical (unpaired) electrons. The fourth-order valence-electron chi connectivity index (χ4n) is 3.65. The summed E-state index contributed by atoms with van der Waals surface area (Å²) in [6, 6.07) is 9.52. The van der Waals surface area contributed by atoms with Gasteiger partial charge in [-0.05, 0) is 42.7 Å². The van der Waals surface area contributed by atoms with Crippen LogP contribution in [0, 0.1) is 0 Å². The molecule has 0 saturated carbocycles. The van der Waals surface area contributed by atoms with Gasteiger partial charge in [-0.1, -0.05) is 18.2 Å². The molecule has 2 N–H and O–H groups in total. The van der Waals surface area contributed by atoms with Crippen molar-refractivity contribution in [2.75, 3.05) is 12.3 Å². The number of hydrogen-bond donors (Lipinski definition) is 1. The normalized spacial score (nSPS) is 16.6. The summed E-state index contributed by atoms with van der Waals surface area (Å²) in [6.45, 7) is 0.524. The van der Waals surface area contributed by atoms with Gasteiger partial charge in [0.05, 0.1) is 17.3 Å². The molecule has 30 heavy (non-hydrogen) atoms. The van der Waals surface area contributed by atoms with E-state index in [9.17, 15) is 18.0 Å². The van der Waals surface area contributed by atoms with E-state index in [4.69, 9.17) is 5.73 Å². The molecule has 0 spiro atoms. The van der Waals surface area contributed by atoms with E-state index in [0.717, 1.165) is 18.6 Å². The van der Waals surface area contributed by atoms with E-state index in [0.29, 0.717) is 35.5 Å². The van der Waals surface area contributed by atoms with Crippen molar-refractivity contribution in [2.45, 2.75) is 25.1 Å². The van der Waals surface area contributed by atoms with E-state index in [2.05, 4.69) is 15.0 Å². The summed E-state index contributed by atoms with van der Waals surface area (Å²) in [5.74, 6) is -0.188. The van der Waals surface area contributed by atoms with Crippen LogP contribution in [0.25, 0.3) is 11.1 Å². The molecule has 6 nitrogen and oxygen atoms in total. The van der Waals surface area contributed by atoms with Crippen LogP contribution in [0.1, 0.15) is 40.6 Å². The van der Waals surface area contributed by atoms with E-state index >= 15 is 0 Å². The maximum Gasteiger partial charge on any atom is 0.416 e. The van der Waals surface area contributed by atoms with E-state index < -0.39 is 11.7 Å². The van der Waals surface area contributed by atoms with Crippen molar-refractivity contribution < 1.29 is 18.0 Å². The number of anilines is 1. The lowest BCUT2D eigenvalue weighted by atomic mass is 9.98. The van der Waals surface area contributed by atoms with Crippen LogP contribution in [0.4, 0.5) is 19.1 Å². The Morgan fingerprint density at radius 3 is 2.53 bits per heavy atom.